The number of benzene rings is 2. The fourth-order valence-corrected chi connectivity index (χ4v) is 2.14. The lowest BCUT2D eigenvalue weighted by molar-refractivity contribution is 0.0940. The molecule has 0 radical (unpaired) electrons. The Balaban J connectivity index is 1.77. The van der Waals surface area contributed by atoms with Crippen LogP contribution in [-0.2, 0) is 6.67 Å². The van der Waals surface area contributed by atoms with Crippen LogP contribution in [0.3, 0.4) is 0 Å². The Morgan fingerprint density at radius 3 is 2.75 bits per heavy atom. The quantitative estimate of drug-likeness (QED) is 0.804. The van der Waals surface area contributed by atoms with Gasteiger partial charge in [0.1, 0.15) is 12.2 Å². The monoisotopic (exact) mass is 286 g/mol. The van der Waals surface area contributed by atoms with Gasteiger partial charge in [-0.25, -0.2) is 4.68 Å². The number of nitrogens with zero attached hydrogens (tertiary/aromatic N) is 3. The van der Waals surface area contributed by atoms with Crippen molar-refractivity contribution in [2.75, 3.05) is 0 Å². The molecule has 1 N–H and O–H groups in total. The van der Waals surface area contributed by atoms with Crippen molar-refractivity contribution in [2.24, 2.45) is 0 Å². The van der Waals surface area contributed by atoms with E-state index in [0.29, 0.717) is 10.6 Å². The molecule has 0 unspecified atom stereocenters. The lowest BCUT2D eigenvalue weighted by Gasteiger charge is -2.06. The molecule has 1 aromatic heterocycles. The van der Waals surface area contributed by atoms with Crippen molar-refractivity contribution in [3.8, 4) is 0 Å². The van der Waals surface area contributed by atoms with Gasteiger partial charge >= 0.3 is 0 Å². The van der Waals surface area contributed by atoms with Crippen LogP contribution >= 0.6 is 11.6 Å². The molecule has 0 aliphatic rings. The number of hydrogen-bond acceptors (Lipinski definition) is 3. The molecular formula is C14H11ClN4O. The third-order valence-electron chi connectivity index (χ3n) is 2.93. The van der Waals surface area contributed by atoms with Crippen molar-refractivity contribution in [1.82, 2.24) is 20.3 Å². The highest BCUT2D eigenvalue weighted by atomic mass is 35.5. The molecule has 5 nitrogen and oxygen atoms in total. The van der Waals surface area contributed by atoms with E-state index in [0.717, 1.165) is 11.0 Å². The van der Waals surface area contributed by atoms with Gasteiger partial charge in [-0.3, -0.25) is 4.79 Å². The average molecular weight is 287 g/mol. The predicted molar refractivity (Wildman–Crippen MR) is 76.4 cm³/mol. The van der Waals surface area contributed by atoms with Crippen LogP contribution in [0.25, 0.3) is 11.0 Å². The molecule has 0 bridgehead atoms. The van der Waals surface area contributed by atoms with E-state index in [-0.39, 0.29) is 12.6 Å². The highest BCUT2D eigenvalue weighted by molar-refractivity contribution is 6.33. The third kappa shape index (κ3) is 2.35. The van der Waals surface area contributed by atoms with Gasteiger partial charge in [-0.15, -0.1) is 5.10 Å². The van der Waals surface area contributed by atoms with Crippen molar-refractivity contribution in [2.45, 2.75) is 6.67 Å². The minimum Gasteiger partial charge on any atom is -0.333 e. The topological polar surface area (TPSA) is 59.8 Å². The molecule has 0 atom stereocenters. The molecule has 0 aliphatic carbocycles. The number of amides is 1. The average Bonchev–Trinajstić information content (AvgIpc) is 2.88. The Labute approximate surface area is 120 Å². The minimum absolute atomic E-state index is 0.241. The second-order valence-corrected chi connectivity index (χ2v) is 4.63. The summed E-state index contributed by atoms with van der Waals surface area (Å²) in [5.41, 5.74) is 2.10. The number of halogens is 1. The first kappa shape index (κ1) is 12.6. The largest absolute Gasteiger partial charge is 0.333 e. The van der Waals surface area contributed by atoms with Crippen LogP contribution in [0.15, 0.2) is 48.5 Å². The first-order valence-electron chi connectivity index (χ1n) is 6.06. The standard InChI is InChI=1S/C14H11ClN4O/c15-11-6-2-1-5-10(11)14(20)16-9-19-13-8-4-3-7-12(13)17-18-19/h1-8H,9H2,(H,16,20). The Hall–Kier alpha value is -2.40. The van der Waals surface area contributed by atoms with Gasteiger partial charge in [-0.2, -0.15) is 0 Å². The number of aromatic nitrogens is 3. The fourth-order valence-electron chi connectivity index (χ4n) is 1.92. The molecule has 20 heavy (non-hydrogen) atoms. The number of carbonyl (C=O) groups is 1. The zero-order valence-corrected chi connectivity index (χ0v) is 11.2. The first-order valence-corrected chi connectivity index (χ1v) is 6.44. The van der Waals surface area contributed by atoms with E-state index in [1.807, 2.05) is 24.3 Å². The zero-order valence-electron chi connectivity index (χ0n) is 10.5. The Kier molecular flexibility index (Phi) is 3.35. The predicted octanol–water partition coefficient (Wildman–Crippen LogP) is 2.47. The second-order valence-electron chi connectivity index (χ2n) is 4.22. The lowest BCUT2D eigenvalue weighted by Crippen LogP contribution is -2.26. The molecule has 1 amide bonds. The Morgan fingerprint density at radius 1 is 1.15 bits per heavy atom. The van der Waals surface area contributed by atoms with Gasteiger partial charge in [0.05, 0.1) is 16.1 Å². The van der Waals surface area contributed by atoms with Crippen LogP contribution in [0.2, 0.25) is 5.02 Å². The summed E-state index contributed by atoms with van der Waals surface area (Å²) in [7, 11) is 0. The van der Waals surface area contributed by atoms with E-state index in [1.165, 1.54) is 0 Å². The molecule has 3 aromatic rings. The molecule has 6 heteroatoms. The van der Waals surface area contributed by atoms with Crippen molar-refractivity contribution in [3.05, 3.63) is 59.1 Å². The van der Waals surface area contributed by atoms with Crippen molar-refractivity contribution >= 4 is 28.5 Å². The van der Waals surface area contributed by atoms with Gasteiger partial charge in [0.15, 0.2) is 0 Å². The van der Waals surface area contributed by atoms with Gasteiger partial charge < -0.3 is 5.32 Å². The van der Waals surface area contributed by atoms with E-state index in [4.69, 9.17) is 11.6 Å². The van der Waals surface area contributed by atoms with E-state index in [9.17, 15) is 4.79 Å². The molecule has 0 aliphatic heterocycles. The molecule has 0 fully saturated rings. The summed E-state index contributed by atoms with van der Waals surface area (Å²) in [5, 5.41) is 11.2. The highest BCUT2D eigenvalue weighted by Gasteiger charge is 2.10. The highest BCUT2D eigenvalue weighted by Crippen LogP contribution is 2.14. The van der Waals surface area contributed by atoms with Crippen LogP contribution < -0.4 is 5.32 Å². The maximum absolute atomic E-state index is 12.0. The third-order valence-corrected chi connectivity index (χ3v) is 3.26. The van der Waals surface area contributed by atoms with Gasteiger partial charge in [0.2, 0.25) is 0 Å². The van der Waals surface area contributed by atoms with Crippen LogP contribution in [0.5, 0.6) is 0 Å². The molecule has 0 spiro atoms. The van der Waals surface area contributed by atoms with Crippen molar-refractivity contribution in [3.63, 3.8) is 0 Å². The summed E-state index contributed by atoms with van der Waals surface area (Å²) in [5.74, 6) is -0.241. The summed E-state index contributed by atoms with van der Waals surface area (Å²) < 4.78 is 1.63. The summed E-state index contributed by atoms with van der Waals surface area (Å²) in [6.07, 6.45) is 0. The van der Waals surface area contributed by atoms with Gasteiger partial charge in [-0.1, -0.05) is 41.1 Å². The number of rotatable bonds is 3. The number of fused-ring (bicyclic) bond motifs is 1. The summed E-state index contributed by atoms with van der Waals surface area (Å²) in [6.45, 7) is 0.241. The zero-order chi connectivity index (χ0) is 13.9. The SMILES string of the molecule is O=C(NCn1nnc2ccccc21)c1ccccc1Cl. The summed E-state index contributed by atoms with van der Waals surface area (Å²) >= 11 is 5.98. The molecule has 0 saturated heterocycles. The molecule has 2 aromatic carbocycles. The van der Waals surface area contributed by atoms with Gasteiger partial charge in [0, 0.05) is 0 Å². The van der Waals surface area contributed by atoms with E-state index in [1.54, 1.807) is 28.9 Å². The normalized spacial score (nSPS) is 10.7. The number of para-hydroxylation sites is 1. The number of nitrogens with one attached hydrogen (secondary N) is 1. The van der Waals surface area contributed by atoms with Crippen LogP contribution in [0, 0.1) is 0 Å². The lowest BCUT2D eigenvalue weighted by atomic mass is 10.2. The molecule has 0 saturated carbocycles. The van der Waals surface area contributed by atoms with Crippen molar-refractivity contribution < 1.29 is 4.79 Å². The van der Waals surface area contributed by atoms with E-state index < -0.39 is 0 Å². The van der Waals surface area contributed by atoms with Crippen LogP contribution in [-0.4, -0.2) is 20.9 Å². The summed E-state index contributed by atoms with van der Waals surface area (Å²) in [4.78, 5) is 12.0. The van der Waals surface area contributed by atoms with Crippen LogP contribution in [0.1, 0.15) is 10.4 Å². The molecule has 1 heterocycles. The minimum atomic E-state index is -0.241. The first-order chi connectivity index (χ1) is 9.75. The molecule has 3 rings (SSSR count). The maximum Gasteiger partial charge on any atom is 0.254 e. The van der Waals surface area contributed by atoms with E-state index in [2.05, 4.69) is 15.6 Å². The Bertz CT molecular complexity index is 768. The Morgan fingerprint density at radius 2 is 1.90 bits per heavy atom. The van der Waals surface area contributed by atoms with Gasteiger partial charge in [-0.05, 0) is 24.3 Å². The van der Waals surface area contributed by atoms with Gasteiger partial charge in [0.25, 0.3) is 5.91 Å². The molecule has 100 valence electrons. The van der Waals surface area contributed by atoms with Crippen molar-refractivity contribution in [1.29, 1.82) is 0 Å². The number of hydrogen-bond donors (Lipinski definition) is 1. The number of carbonyl (C=O) groups excluding carboxylic acids is 1. The summed E-state index contributed by atoms with van der Waals surface area (Å²) in [6, 6.07) is 14.5. The maximum atomic E-state index is 12.0. The van der Waals surface area contributed by atoms with Crippen LogP contribution in [0.4, 0.5) is 0 Å². The second kappa shape index (κ2) is 5.30. The smallest absolute Gasteiger partial charge is 0.254 e. The fraction of sp³-hybridized carbons (Fsp3) is 0.0714. The van der Waals surface area contributed by atoms with E-state index >= 15 is 0 Å². The molecular weight excluding hydrogens is 276 g/mol.